The first-order valence-corrected chi connectivity index (χ1v) is 26.0. The van der Waals surface area contributed by atoms with E-state index in [9.17, 15) is 15.0 Å². The summed E-state index contributed by atoms with van der Waals surface area (Å²) >= 11 is 0. The molecule has 0 amide bonds. The molecule has 0 aromatic carbocycles. The highest BCUT2D eigenvalue weighted by Crippen LogP contribution is 2.56. The van der Waals surface area contributed by atoms with E-state index in [-0.39, 0.29) is 79.8 Å². The van der Waals surface area contributed by atoms with Gasteiger partial charge in [0.15, 0.2) is 18.4 Å². The fraction of sp³-hybridized carbons (Fsp3) is 0.796. The average Bonchev–Trinajstić information content (AvgIpc) is 3.68. The van der Waals surface area contributed by atoms with E-state index < -0.39 is 66.4 Å². The van der Waals surface area contributed by atoms with Crippen LogP contribution < -0.4 is 0 Å². The van der Waals surface area contributed by atoms with E-state index >= 15 is 0 Å². The fourth-order valence-electron chi connectivity index (χ4n) is 14.2. The minimum atomic E-state index is -1.82. The number of methoxy groups -OCH3 is 3. The quantitative estimate of drug-likeness (QED) is 0.138. The van der Waals surface area contributed by atoms with E-state index in [2.05, 4.69) is 39.0 Å². The van der Waals surface area contributed by atoms with E-state index in [1.807, 2.05) is 19.9 Å². The third-order valence-electron chi connectivity index (χ3n) is 17.9. The van der Waals surface area contributed by atoms with Crippen LogP contribution in [0.5, 0.6) is 0 Å². The molecule has 4 saturated heterocycles. The molecule has 2 N–H and O–H groups in total. The number of ether oxygens (including phenoxy) is 12. The first-order valence-electron chi connectivity index (χ1n) is 26.0. The van der Waals surface area contributed by atoms with Crippen molar-refractivity contribution in [3.05, 3.63) is 58.2 Å². The van der Waals surface area contributed by atoms with Gasteiger partial charge in [-0.3, -0.25) is 4.79 Å². The Morgan fingerprint density at radius 2 is 1.57 bits per heavy atom. The third kappa shape index (κ3) is 9.13. The minimum Gasteiger partial charge on any atom is -0.461 e. The molecule has 1 spiro atoms. The van der Waals surface area contributed by atoms with Crippen molar-refractivity contribution >= 4 is 5.97 Å². The Labute approximate surface area is 408 Å². The predicted octanol–water partition coefficient (Wildman–Crippen LogP) is 6.54. The zero-order valence-corrected chi connectivity index (χ0v) is 42.1. The van der Waals surface area contributed by atoms with Gasteiger partial charge >= 0.3 is 5.97 Å². The number of aliphatic hydroxyl groups excluding tert-OH is 1. The Hall–Kier alpha value is -2.35. The second-order valence-electron chi connectivity index (χ2n) is 22.0. The summed E-state index contributed by atoms with van der Waals surface area (Å²) in [5.41, 5.74) is 2.81. The second-order valence-corrected chi connectivity index (χ2v) is 22.0. The van der Waals surface area contributed by atoms with Gasteiger partial charge in [-0.2, -0.15) is 0 Å². The van der Waals surface area contributed by atoms with Crippen LogP contribution in [-0.4, -0.2) is 148 Å². The largest absolute Gasteiger partial charge is 0.461 e. The summed E-state index contributed by atoms with van der Waals surface area (Å²) in [6.45, 7) is 12.5. The fourth-order valence-corrected chi connectivity index (χ4v) is 14.2. The molecule has 6 aliphatic heterocycles. The first kappa shape index (κ1) is 50.2. The number of hydrogen-bond acceptors (Lipinski definition) is 15. The summed E-state index contributed by atoms with van der Waals surface area (Å²) in [6.07, 6.45) is 11.9. The summed E-state index contributed by atoms with van der Waals surface area (Å²) in [5.74, 6) is -2.31. The third-order valence-corrected chi connectivity index (χ3v) is 17.9. The molecule has 10 rings (SSSR count). The summed E-state index contributed by atoms with van der Waals surface area (Å²) < 4.78 is 77.4. The molecule has 69 heavy (non-hydrogen) atoms. The minimum absolute atomic E-state index is 0.000656. The number of aliphatic hydroxyl groups is 2. The lowest BCUT2D eigenvalue weighted by molar-refractivity contribution is -0.324. The molecule has 21 atom stereocenters. The van der Waals surface area contributed by atoms with Crippen molar-refractivity contribution in [2.45, 2.75) is 203 Å². The lowest BCUT2D eigenvalue weighted by atomic mass is 9.61. The number of rotatable bonds is 10. The van der Waals surface area contributed by atoms with Gasteiger partial charge in [0.2, 0.25) is 0 Å². The van der Waals surface area contributed by atoms with Crippen LogP contribution in [0.1, 0.15) is 106 Å². The molecule has 2 saturated carbocycles. The van der Waals surface area contributed by atoms with Crippen molar-refractivity contribution in [1.29, 1.82) is 0 Å². The van der Waals surface area contributed by atoms with E-state index in [0.717, 1.165) is 24.0 Å². The van der Waals surface area contributed by atoms with Crippen LogP contribution in [0.4, 0.5) is 0 Å². The van der Waals surface area contributed by atoms with Crippen LogP contribution in [0.2, 0.25) is 0 Å². The molecule has 4 aliphatic carbocycles. The van der Waals surface area contributed by atoms with E-state index in [1.165, 1.54) is 24.8 Å². The van der Waals surface area contributed by atoms with E-state index in [4.69, 9.17) is 56.8 Å². The van der Waals surface area contributed by atoms with Gasteiger partial charge in [0.1, 0.15) is 48.8 Å². The number of esters is 1. The Balaban J connectivity index is 0.965. The molecular formula is C54H78O15. The Kier molecular flexibility index (Phi) is 14.7. The highest BCUT2D eigenvalue weighted by molar-refractivity contribution is 5.78. The molecular weight excluding hydrogens is 889 g/mol. The van der Waals surface area contributed by atoms with Gasteiger partial charge in [-0.25, -0.2) is 0 Å². The van der Waals surface area contributed by atoms with Gasteiger partial charge in [-0.05, 0) is 82.1 Å². The molecule has 0 aromatic rings. The van der Waals surface area contributed by atoms with Crippen LogP contribution in [0, 0.1) is 35.5 Å². The van der Waals surface area contributed by atoms with Crippen molar-refractivity contribution in [2.75, 3.05) is 34.7 Å². The highest BCUT2D eigenvalue weighted by Gasteiger charge is 2.62. The maximum absolute atomic E-state index is 14.8. The molecule has 384 valence electrons. The smallest absolute Gasteiger partial charge is 0.316 e. The van der Waals surface area contributed by atoms with Crippen LogP contribution in [-0.2, 0) is 61.6 Å². The zero-order chi connectivity index (χ0) is 48.5. The highest BCUT2D eigenvalue weighted by atomic mass is 16.7. The average molecular weight is 967 g/mol. The topological polar surface area (TPSA) is 168 Å². The molecule has 15 heteroatoms. The second kappa shape index (κ2) is 20.2. The maximum Gasteiger partial charge on any atom is 0.316 e. The predicted molar refractivity (Wildman–Crippen MR) is 250 cm³/mol. The van der Waals surface area contributed by atoms with Crippen molar-refractivity contribution in [3.8, 4) is 0 Å². The Morgan fingerprint density at radius 1 is 0.855 bits per heavy atom. The van der Waals surface area contributed by atoms with Gasteiger partial charge in [-0.15, -0.1) is 0 Å². The van der Waals surface area contributed by atoms with Gasteiger partial charge in [0, 0.05) is 64.3 Å². The Bertz CT molecular complexity index is 2040. The molecule has 15 nitrogen and oxygen atoms in total. The van der Waals surface area contributed by atoms with E-state index in [0.29, 0.717) is 49.2 Å². The summed E-state index contributed by atoms with van der Waals surface area (Å²) in [5, 5.41) is 24.2. The Morgan fingerprint density at radius 3 is 2.29 bits per heavy atom. The summed E-state index contributed by atoms with van der Waals surface area (Å²) in [7, 11) is 4.95. The van der Waals surface area contributed by atoms with Gasteiger partial charge < -0.3 is 67.1 Å². The van der Waals surface area contributed by atoms with Crippen molar-refractivity contribution < 1.29 is 71.8 Å². The van der Waals surface area contributed by atoms with Gasteiger partial charge in [0.25, 0.3) is 0 Å². The molecule has 10 aliphatic rings. The summed E-state index contributed by atoms with van der Waals surface area (Å²) in [6, 6.07) is 0. The summed E-state index contributed by atoms with van der Waals surface area (Å²) in [4.78, 5) is 14.8. The molecule has 5 unspecified atom stereocenters. The van der Waals surface area contributed by atoms with Crippen molar-refractivity contribution in [2.24, 2.45) is 35.5 Å². The molecule has 6 heterocycles. The number of carbonyl (C=O) groups is 1. The monoisotopic (exact) mass is 967 g/mol. The molecule has 2 bridgehead atoms. The number of hydrogen-bond donors (Lipinski definition) is 2. The van der Waals surface area contributed by atoms with Crippen LogP contribution in [0.25, 0.3) is 0 Å². The molecule has 0 aromatic heterocycles. The van der Waals surface area contributed by atoms with E-state index in [1.54, 1.807) is 34.3 Å². The standard InChI is InChI=1S/C54H78O15/c1-27-17-18-53(69-47(27)33-13-11-10-12-14-33)24-43-38-20-37-35(16-15-34-25-61-51-46(55)28(2)19-39(52(56)65-43)54(34,51)57)29(3)48(30(4)36(37)21-40(38)68-53)66-44-23-42(60-9)50(32(6)64-44)67-45-22-41(59-8)49(31(5)63-45)62-26-58-7/h15-19,27,29,31-33,37-51,55,57H,10-14,20-26H2,1-9H3/b34-15+,35-16-/t27-,29?,31-,32-,37?,38?,39-,40+,41-,42-,43+,44?,45-,46+,47-,48-,49?,50-,51+,53+,54+/m0/s1. The number of allylic oxidation sites excluding steroid dienone is 2. The lowest BCUT2D eigenvalue weighted by Crippen LogP contribution is -2.61. The van der Waals surface area contributed by atoms with Crippen molar-refractivity contribution in [3.63, 3.8) is 0 Å². The molecule has 0 radical (unpaired) electrons. The van der Waals surface area contributed by atoms with Gasteiger partial charge in [0.05, 0.1) is 49.3 Å². The van der Waals surface area contributed by atoms with Crippen molar-refractivity contribution in [1.82, 2.24) is 0 Å². The van der Waals surface area contributed by atoms with Crippen LogP contribution in [0.15, 0.2) is 58.2 Å². The molecule has 6 fully saturated rings. The van der Waals surface area contributed by atoms with Crippen LogP contribution in [0.3, 0.4) is 0 Å². The zero-order valence-electron chi connectivity index (χ0n) is 42.1. The van der Waals surface area contributed by atoms with Crippen LogP contribution >= 0.6 is 0 Å². The first-order chi connectivity index (χ1) is 33.2. The normalized spacial score (nSPS) is 49.4. The van der Waals surface area contributed by atoms with Gasteiger partial charge in [-0.1, -0.05) is 68.6 Å². The SMILES string of the molecule is COCOC1[C@H](C)O[C@@H](O[C@H]2[C@H](C)OC(O[C@@H]3C(C)=C4C[C@H]5O[C@@]6(C=C[C@H](C)[C@@H](C7CCCCC7)O6)C[C@H]6OC(=O)[C@@H]7C=C(C)[C@@H](O)[C@H]8OC/C(=C\C=C(/C4CC65)C3C)[C@]87O)C[C@@H]2OC)C[C@@H]1OC. The maximum atomic E-state index is 14.8. The number of carbonyl (C=O) groups excluding carboxylic acids is 1. The lowest BCUT2D eigenvalue weighted by Gasteiger charge is -2.55.